The number of nitrogens with one attached hydrogen (secondary N) is 3. The van der Waals surface area contributed by atoms with Gasteiger partial charge in [0.15, 0.2) is 0 Å². The molecular formula is C33H36ClN5O3. The van der Waals surface area contributed by atoms with E-state index in [1.807, 2.05) is 53.4 Å². The molecule has 1 aliphatic carbocycles. The lowest BCUT2D eigenvalue weighted by Gasteiger charge is -2.38. The van der Waals surface area contributed by atoms with Crippen molar-refractivity contribution in [3.8, 4) is 0 Å². The highest BCUT2D eigenvalue weighted by atomic mass is 35.5. The second-order valence-corrected chi connectivity index (χ2v) is 11.8. The number of para-hydroxylation sites is 2. The maximum atomic E-state index is 13.9. The predicted molar refractivity (Wildman–Crippen MR) is 164 cm³/mol. The zero-order valence-electron chi connectivity index (χ0n) is 23.5. The Bertz CT molecular complexity index is 1450. The van der Waals surface area contributed by atoms with Crippen LogP contribution in [0.3, 0.4) is 0 Å². The molecule has 42 heavy (non-hydrogen) atoms. The van der Waals surface area contributed by atoms with E-state index in [0.717, 1.165) is 35.3 Å². The Morgan fingerprint density at radius 3 is 2.29 bits per heavy atom. The molecule has 3 aromatic rings. The van der Waals surface area contributed by atoms with Crippen LogP contribution in [0.4, 0.5) is 11.4 Å². The monoisotopic (exact) mass is 585 g/mol. The average Bonchev–Trinajstić information content (AvgIpc) is 3.88. The van der Waals surface area contributed by atoms with Crippen LogP contribution in [-0.4, -0.2) is 60.9 Å². The SMILES string of the molecule is O=C(Nc1ccccc1N1CCN(C(=O)[C@@H](Cc2ccc(Cl)cc2)NC(=O)[C@H]2Cc3ccccc3CN2)CC1)C1CC1. The smallest absolute Gasteiger partial charge is 0.245 e. The summed E-state index contributed by atoms with van der Waals surface area (Å²) in [5, 5.41) is 10.1. The van der Waals surface area contributed by atoms with Gasteiger partial charge >= 0.3 is 0 Å². The number of carbonyl (C=O) groups excluding carboxylic acids is 3. The summed E-state index contributed by atoms with van der Waals surface area (Å²) in [5.41, 5.74) is 5.06. The van der Waals surface area contributed by atoms with Crippen LogP contribution >= 0.6 is 11.6 Å². The van der Waals surface area contributed by atoms with Gasteiger partial charge in [0.1, 0.15) is 6.04 Å². The third-order valence-electron chi connectivity index (χ3n) is 8.41. The molecule has 0 unspecified atom stereocenters. The minimum Gasteiger partial charge on any atom is -0.366 e. The number of piperazine rings is 1. The number of benzene rings is 3. The van der Waals surface area contributed by atoms with Crippen LogP contribution < -0.4 is 20.9 Å². The van der Waals surface area contributed by atoms with Crippen LogP contribution in [0.1, 0.15) is 29.5 Å². The second kappa shape index (κ2) is 12.5. The van der Waals surface area contributed by atoms with Crippen molar-refractivity contribution < 1.29 is 14.4 Å². The molecule has 3 aliphatic rings. The maximum Gasteiger partial charge on any atom is 0.245 e. The molecule has 218 valence electrons. The Hall–Kier alpha value is -3.88. The minimum atomic E-state index is -0.700. The fourth-order valence-corrected chi connectivity index (χ4v) is 5.92. The summed E-state index contributed by atoms with van der Waals surface area (Å²) >= 11 is 6.10. The molecule has 2 atom stereocenters. The molecule has 6 rings (SSSR count). The molecule has 3 N–H and O–H groups in total. The molecule has 8 nitrogen and oxygen atoms in total. The van der Waals surface area contributed by atoms with Crippen molar-refractivity contribution >= 4 is 40.7 Å². The summed E-state index contributed by atoms with van der Waals surface area (Å²) in [6.07, 6.45) is 2.86. The van der Waals surface area contributed by atoms with Crippen molar-refractivity contribution in [3.63, 3.8) is 0 Å². The fraction of sp³-hybridized carbons (Fsp3) is 0.364. The van der Waals surface area contributed by atoms with Crippen LogP contribution in [0.5, 0.6) is 0 Å². The molecule has 1 saturated carbocycles. The molecule has 9 heteroatoms. The highest BCUT2D eigenvalue weighted by molar-refractivity contribution is 6.30. The third-order valence-corrected chi connectivity index (χ3v) is 8.66. The summed E-state index contributed by atoms with van der Waals surface area (Å²) in [7, 11) is 0. The van der Waals surface area contributed by atoms with Gasteiger partial charge in [-0.3, -0.25) is 14.4 Å². The van der Waals surface area contributed by atoms with Gasteiger partial charge in [0.2, 0.25) is 17.7 Å². The molecule has 0 spiro atoms. The molecule has 2 heterocycles. The first-order chi connectivity index (χ1) is 20.4. The van der Waals surface area contributed by atoms with Gasteiger partial charge in [0, 0.05) is 50.1 Å². The number of fused-ring (bicyclic) bond motifs is 1. The lowest BCUT2D eigenvalue weighted by Crippen LogP contribution is -2.58. The Kier molecular flexibility index (Phi) is 8.44. The van der Waals surface area contributed by atoms with E-state index in [2.05, 4.69) is 33.0 Å². The lowest BCUT2D eigenvalue weighted by molar-refractivity contribution is -0.137. The van der Waals surface area contributed by atoms with Crippen LogP contribution in [0, 0.1) is 5.92 Å². The Morgan fingerprint density at radius 2 is 1.55 bits per heavy atom. The van der Waals surface area contributed by atoms with Crippen molar-refractivity contribution in [1.29, 1.82) is 0 Å². The van der Waals surface area contributed by atoms with Crippen molar-refractivity contribution in [2.45, 2.75) is 44.3 Å². The van der Waals surface area contributed by atoms with E-state index in [9.17, 15) is 14.4 Å². The molecule has 2 aliphatic heterocycles. The van der Waals surface area contributed by atoms with Crippen molar-refractivity contribution in [2.75, 3.05) is 36.4 Å². The van der Waals surface area contributed by atoms with Crippen LogP contribution in [0.2, 0.25) is 5.02 Å². The number of carbonyl (C=O) groups is 3. The summed E-state index contributed by atoms with van der Waals surface area (Å²) in [6, 6.07) is 22.3. The van der Waals surface area contributed by atoms with E-state index in [1.54, 1.807) is 12.1 Å². The lowest BCUT2D eigenvalue weighted by atomic mass is 9.95. The summed E-state index contributed by atoms with van der Waals surface area (Å²) in [6.45, 7) is 2.92. The molecule has 3 amide bonds. The number of halogens is 1. The number of hydrogen-bond acceptors (Lipinski definition) is 5. The molecule has 2 fully saturated rings. The van der Waals surface area contributed by atoms with Crippen molar-refractivity contribution in [1.82, 2.24) is 15.5 Å². The van der Waals surface area contributed by atoms with Crippen LogP contribution in [-0.2, 0) is 33.8 Å². The minimum absolute atomic E-state index is 0.0768. The van der Waals surface area contributed by atoms with Gasteiger partial charge in [0.05, 0.1) is 17.4 Å². The molecule has 3 aromatic carbocycles. The standard InChI is InChI=1S/C33H36ClN5O3/c34-26-13-9-22(10-14-26)19-29(37-32(41)28-20-24-5-1-2-6-25(24)21-35-28)33(42)39-17-15-38(16-18-39)30-8-4-3-7-27(30)36-31(40)23-11-12-23/h1-10,13-14,23,28-29,35H,11-12,15-21H2,(H,36,40)(H,37,41)/t28-,29-/m1/s1. The van der Waals surface area contributed by atoms with E-state index in [0.29, 0.717) is 50.6 Å². The van der Waals surface area contributed by atoms with Crippen LogP contribution in [0.25, 0.3) is 0 Å². The molecule has 0 radical (unpaired) electrons. The number of anilines is 2. The Balaban J connectivity index is 1.13. The highest BCUT2D eigenvalue weighted by Gasteiger charge is 2.33. The fourth-order valence-electron chi connectivity index (χ4n) is 5.79. The zero-order valence-corrected chi connectivity index (χ0v) is 24.3. The quantitative estimate of drug-likeness (QED) is 0.374. The molecule has 0 bridgehead atoms. The zero-order chi connectivity index (χ0) is 29.1. The van der Waals surface area contributed by atoms with Gasteiger partial charge in [-0.2, -0.15) is 0 Å². The summed E-state index contributed by atoms with van der Waals surface area (Å²) in [5.74, 6) is -0.0629. The van der Waals surface area contributed by atoms with Gasteiger partial charge < -0.3 is 25.8 Å². The van der Waals surface area contributed by atoms with E-state index < -0.39 is 12.1 Å². The largest absolute Gasteiger partial charge is 0.366 e. The summed E-state index contributed by atoms with van der Waals surface area (Å²) in [4.78, 5) is 43.8. The van der Waals surface area contributed by atoms with Gasteiger partial charge in [-0.25, -0.2) is 0 Å². The van der Waals surface area contributed by atoms with Crippen LogP contribution in [0.15, 0.2) is 72.8 Å². The molecular weight excluding hydrogens is 550 g/mol. The topological polar surface area (TPSA) is 93.8 Å². The molecule has 0 aromatic heterocycles. The van der Waals surface area contributed by atoms with Gasteiger partial charge in [-0.1, -0.05) is 60.1 Å². The first-order valence-electron chi connectivity index (χ1n) is 14.7. The van der Waals surface area contributed by atoms with Crippen molar-refractivity contribution in [3.05, 3.63) is 94.5 Å². The highest BCUT2D eigenvalue weighted by Crippen LogP contribution is 2.33. The van der Waals surface area contributed by atoms with E-state index in [1.165, 1.54) is 5.56 Å². The number of hydrogen-bond donors (Lipinski definition) is 3. The first kappa shape index (κ1) is 28.2. The van der Waals surface area contributed by atoms with Gasteiger partial charge in [0.25, 0.3) is 0 Å². The summed E-state index contributed by atoms with van der Waals surface area (Å²) < 4.78 is 0. The van der Waals surface area contributed by atoms with E-state index in [4.69, 9.17) is 11.6 Å². The number of nitrogens with zero attached hydrogens (tertiary/aromatic N) is 2. The van der Waals surface area contributed by atoms with E-state index in [-0.39, 0.29) is 23.6 Å². The Labute approximate surface area is 251 Å². The first-order valence-corrected chi connectivity index (χ1v) is 15.1. The number of rotatable bonds is 8. The second-order valence-electron chi connectivity index (χ2n) is 11.4. The predicted octanol–water partition coefficient (Wildman–Crippen LogP) is 3.78. The van der Waals surface area contributed by atoms with Gasteiger partial charge in [-0.15, -0.1) is 0 Å². The number of amides is 3. The van der Waals surface area contributed by atoms with E-state index >= 15 is 0 Å². The normalized spacial score (nSPS) is 19.0. The van der Waals surface area contributed by atoms with Crippen molar-refractivity contribution in [2.24, 2.45) is 5.92 Å². The third kappa shape index (κ3) is 6.61. The average molecular weight is 586 g/mol. The molecule has 1 saturated heterocycles. The Morgan fingerprint density at radius 1 is 0.857 bits per heavy atom. The van der Waals surface area contributed by atoms with Gasteiger partial charge in [-0.05, 0) is 60.2 Å². The maximum absolute atomic E-state index is 13.9.